The number of thiophene rings is 1. The number of nitrogens with one attached hydrogen (secondary N) is 1. The van der Waals surface area contributed by atoms with E-state index in [4.69, 9.17) is 0 Å². The summed E-state index contributed by atoms with van der Waals surface area (Å²) in [4.78, 5) is 30.9. The van der Waals surface area contributed by atoms with E-state index >= 15 is 0 Å². The summed E-state index contributed by atoms with van der Waals surface area (Å²) in [5.74, 6) is 1.21. The molecule has 0 bridgehead atoms. The molecule has 1 N–H and O–H groups in total. The molecule has 0 amide bonds. The summed E-state index contributed by atoms with van der Waals surface area (Å²) in [5, 5.41) is 5.72. The Morgan fingerprint density at radius 3 is 2.73 bits per heavy atom. The molecule has 134 valence electrons. The van der Waals surface area contributed by atoms with Crippen LogP contribution in [0, 0.1) is 27.7 Å². The number of fused-ring (bicyclic) bond motifs is 2. The number of rotatable bonds is 3. The lowest BCUT2D eigenvalue weighted by Crippen LogP contribution is -2.12. The Morgan fingerprint density at radius 1 is 1.19 bits per heavy atom. The molecule has 4 aromatic rings. The fourth-order valence-corrected chi connectivity index (χ4v) is 4.72. The number of aryl methyl sites for hydroxylation is 4. The number of hydrogen-bond acceptors (Lipinski definition) is 7. The lowest BCUT2D eigenvalue weighted by molar-refractivity contribution is 0.837. The van der Waals surface area contributed by atoms with E-state index in [1.807, 2.05) is 40.7 Å². The van der Waals surface area contributed by atoms with Crippen LogP contribution in [0.25, 0.3) is 16.0 Å². The molecule has 0 aliphatic carbocycles. The van der Waals surface area contributed by atoms with Crippen LogP contribution in [-0.4, -0.2) is 29.5 Å². The van der Waals surface area contributed by atoms with Crippen molar-refractivity contribution in [2.45, 2.75) is 45.0 Å². The third kappa shape index (κ3) is 2.80. The summed E-state index contributed by atoms with van der Waals surface area (Å²) in [7, 11) is 0. The van der Waals surface area contributed by atoms with E-state index < -0.39 is 0 Å². The van der Waals surface area contributed by atoms with E-state index in [0.29, 0.717) is 22.1 Å². The van der Waals surface area contributed by atoms with Crippen LogP contribution >= 0.6 is 23.1 Å². The van der Waals surface area contributed by atoms with Crippen molar-refractivity contribution in [3.05, 3.63) is 44.1 Å². The smallest absolute Gasteiger partial charge is 0.259 e. The maximum absolute atomic E-state index is 12.5. The summed E-state index contributed by atoms with van der Waals surface area (Å²) < 4.78 is 1.73. The van der Waals surface area contributed by atoms with E-state index in [2.05, 4.69) is 25.0 Å². The van der Waals surface area contributed by atoms with E-state index in [0.717, 1.165) is 26.7 Å². The Labute approximate surface area is 157 Å². The minimum absolute atomic E-state index is 0.0876. The first-order valence-corrected chi connectivity index (χ1v) is 9.90. The van der Waals surface area contributed by atoms with Crippen molar-refractivity contribution < 1.29 is 0 Å². The van der Waals surface area contributed by atoms with Crippen molar-refractivity contribution in [1.29, 1.82) is 0 Å². The van der Waals surface area contributed by atoms with Crippen LogP contribution in [0.1, 0.15) is 39.8 Å². The number of aromatic amines is 1. The number of nitrogens with zero attached hydrogens (tertiary/aromatic N) is 5. The average Bonchev–Trinajstić information content (AvgIpc) is 3.08. The van der Waals surface area contributed by atoms with Gasteiger partial charge in [0, 0.05) is 16.3 Å². The highest BCUT2D eigenvalue weighted by atomic mass is 32.2. The third-order valence-corrected chi connectivity index (χ3v) is 6.39. The molecule has 0 aliphatic rings. The van der Waals surface area contributed by atoms with Crippen LogP contribution in [0.5, 0.6) is 0 Å². The maximum atomic E-state index is 12.5. The Bertz CT molecular complexity index is 1210. The van der Waals surface area contributed by atoms with E-state index in [1.54, 1.807) is 15.9 Å². The Balaban J connectivity index is 1.70. The van der Waals surface area contributed by atoms with Crippen LogP contribution in [0.15, 0.2) is 16.0 Å². The van der Waals surface area contributed by atoms with Gasteiger partial charge in [-0.3, -0.25) is 4.79 Å². The van der Waals surface area contributed by atoms with Gasteiger partial charge in [0.15, 0.2) is 0 Å². The predicted octanol–water partition coefficient (Wildman–Crippen LogP) is 3.51. The van der Waals surface area contributed by atoms with E-state index in [1.165, 1.54) is 11.8 Å². The van der Waals surface area contributed by atoms with Gasteiger partial charge >= 0.3 is 0 Å². The van der Waals surface area contributed by atoms with Crippen LogP contribution in [0.2, 0.25) is 0 Å². The molecule has 7 nitrogen and oxygen atoms in total. The molecular formula is C17H18N6OS2. The largest absolute Gasteiger partial charge is 0.309 e. The second kappa shape index (κ2) is 6.17. The molecule has 4 aromatic heterocycles. The summed E-state index contributed by atoms with van der Waals surface area (Å²) in [6.45, 7) is 9.87. The van der Waals surface area contributed by atoms with Gasteiger partial charge in [-0.05, 0) is 46.2 Å². The number of aromatic nitrogens is 6. The van der Waals surface area contributed by atoms with E-state index in [9.17, 15) is 4.79 Å². The first-order chi connectivity index (χ1) is 12.3. The number of H-pyrrole nitrogens is 1. The monoisotopic (exact) mass is 386 g/mol. The maximum Gasteiger partial charge on any atom is 0.259 e. The van der Waals surface area contributed by atoms with Gasteiger partial charge in [0.1, 0.15) is 10.7 Å². The summed E-state index contributed by atoms with van der Waals surface area (Å²) in [5.41, 5.74) is 2.81. The van der Waals surface area contributed by atoms with Crippen molar-refractivity contribution in [3.63, 3.8) is 0 Å². The van der Waals surface area contributed by atoms with Gasteiger partial charge in [0.2, 0.25) is 5.16 Å². The van der Waals surface area contributed by atoms with Crippen LogP contribution in [0.4, 0.5) is 0 Å². The quantitative estimate of drug-likeness (QED) is 0.542. The van der Waals surface area contributed by atoms with Gasteiger partial charge in [0.05, 0.1) is 10.6 Å². The molecule has 0 saturated carbocycles. The Morgan fingerprint density at radius 2 is 1.96 bits per heavy atom. The molecule has 9 heteroatoms. The molecule has 0 aromatic carbocycles. The highest BCUT2D eigenvalue weighted by molar-refractivity contribution is 7.99. The zero-order valence-corrected chi connectivity index (χ0v) is 16.7. The molecule has 0 spiro atoms. The number of hydrogen-bond donors (Lipinski definition) is 1. The van der Waals surface area contributed by atoms with Crippen molar-refractivity contribution in [2.24, 2.45) is 0 Å². The summed E-state index contributed by atoms with van der Waals surface area (Å²) in [6, 6.07) is 1.97. The van der Waals surface area contributed by atoms with Gasteiger partial charge in [-0.2, -0.15) is 4.98 Å². The molecular weight excluding hydrogens is 368 g/mol. The summed E-state index contributed by atoms with van der Waals surface area (Å²) in [6.07, 6.45) is 0. The topological polar surface area (TPSA) is 88.8 Å². The molecule has 0 radical (unpaired) electrons. The molecule has 26 heavy (non-hydrogen) atoms. The van der Waals surface area contributed by atoms with Crippen molar-refractivity contribution in [2.75, 3.05) is 0 Å². The van der Waals surface area contributed by atoms with Crippen LogP contribution < -0.4 is 5.56 Å². The van der Waals surface area contributed by atoms with Gasteiger partial charge in [-0.1, -0.05) is 11.8 Å². The SMILES string of the molecule is Cc1cc(C)n2nc(SC(C)c3nc4sc(C)c(C)c4c(=O)[nH]3)nc2n1. The van der Waals surface area contributed by atoms with Crippen LogP contribution in [-0.2, 0) is 0 Å². The highest BCUT2D eigenvalue weighted by Crippen LogP contribution is 2.33. The second-order valence-corrected chi connectivity index (χ2v) is 8.83. The standard InChI is InChI=1S/C17H18N6OS2/c1-7-6-8(2)23-16(18-7)21-17(22-23)26-11(5)13-19-14(24)12-9(3)10(4)25-15(12)20-13/h6,11H,1-5H3,(H,19,20,24). The third-order valence-electron chi connectivity index (χ3n) is 4.32. The highest BCUT2D eigenvalue weighted by Gasteiger charge is 2.18. The Kier molecular flexibility index (Phi) is 4.07. The first-order valence-electron chi connectivity index (χ1n) is 8.21. The molecule has 4 rings (SSSR count). The summed E-state index contributed by atoms with van der Waals surface area (Å²) >= 11 is 3.01. The number of thioether (sulfide) groups is 1. The lowest BCUT2D eigenvalue weighted by atomic mass is 10.2. The zero-order valence-electron chi connectivity index (χ0n) is 15.1. The first kappa shape index (κ1) is 17.2. The van der Waals surface area contributed by atoms with Gasteiger partial charge in [-0.25, -0.2) is 14.5 Å². The molecule has 1 unspecified atom stereocenters. The molecule has 1 atom stereocenters. The normalized spacial score (nSPS) is 13.0. The average molecular weight is 387 g/mol. The van der Waals surface area contributed by atoms with Gasteiger partial charge < -0.3 is 4.98 Å². The van der Waals surface area contributed by atoms with Gasteiger partial charge in [-0.15, -0.1) is 16.4 Å². The van der Waals surface area contributed by atoms with Crippen molar-refractivity contribution in [1.82, 2.24) is 29.5 Å². The van der Waals surface area contributed by atoms with Crippen molar-refractivity contribution >= 4 is 39.1 Å². The fraction of sp³-hybridized carbons (Fsp3) is 0.353. The molecule has 0 fully saturated rings. The van der Waals surface area contributed by atoms with Crippen LogP contribution in [0.3, 0.4) is 0 Å². The van der Waals surface area contributed by atoms with Crippen molar-refractivity contribution in [3.8, 4) is 0 Å². The molecule has 4 heterocycles. The van der Waals surface area contributed by atoms with E-state index in [-0.39, 0.29) is 10.8 Å². The zero-order chi connectivity index (χ0) is 18.6. The minimum Gasteiger partial charge on any atom is -0.309 e. The predicted molar refractivity (Wildman–Crippen MR) is 104 cm³/mol. The minimum atomic E-state index is -0.0892. The lowest BCUT2D eigenvalue weighted by Gasteiger charge is -2.07. The Hall–Kier alpha value is -2.26. The van der Waals surface area contributed by atoms with Gasteiger partial charge in [0.25, 0.3) is 11.3 Å². The molecule has 0 aliphatic heterocycles. The second-order valence-electron chi connectivity index (χ2n) is 6.32. The molecule has 0 saturated heterocycles. The fourth-order valence-electron chi connectivity index (χ4n) is 2.88.